The Morgan fingerprint density at radius 2 is 2.33 bits per heavy atom. The summed E-state index contributed by atoms with van der Waals surface area (Å²) >= 11 is 0. The molecule has 0 saturated heterocycles. The van der Waals surface area contributed by atoms with Gasteiger partial charge in [-0.25, -0.2) is 9.97 Å². The molecule has 1 rings (SSSR count). The van der Waals surface area contributed by atoms with Gasteiger partial charge < -0.3 is 0 Å². The van der Waals surface area contributed by atoms with E-state index in [1.807, 2.05) is 38.1 Å². The molecule has 0 bridgehead atoms. The standard InChI is InChI=1S/C13H16N2/c1-4-7-11(8-5-2)12-9-10-14-13(6-3)15-12/h4-5,7-10H,1,6H2,2-3H3/b8-5-,11-7+. The zero-order valence-electron chi connectivity index (χ0n) is 9.27. The number of hydrogen-bond acceptors (Lipinski definition) is 2. The van der Waals surface area contributed by atoms with Gasteiger partial charge in [-0.05, 0) is 18.6 Å². The van der Waals surface area contributed by atoms with Crippen LogP contribution in [0.1, 0.15) is 25.4 Å². The lowest BCUT2D eigenvalue weighted by Crippen LogP contribution is -1.95. The molecule has 0 fully saturated rings. The van der Waals surface area contributed by atoms with E-state index in [0.717, 1.165) is 23.5 Å². The largest absolute Gasteiger partial charge is 0.241 e. The van der Waals surface area contributed by atoms with Gasteiger partial charge in [0.15, 0.2) is 0 Å². The van der Waals surface area contributed by atoms with Crippen LogP contribution in [0, 0.1) is 0 Å². The van der Waals surface area contributed by atoms with Crippen molar-refractivity contribution in [3.05, 3.63) is 54.7 Å². The van der Waals surface area contributed by atoms with Crippen molar-refractivity contribution < 1.29 is 0 Å². The summed E-state index contributed by atoms with van der Waals surface area (Å²) in [6.45, 7) is 7.73. The van der Waals surface area contributed by atoms with Crippen molar-refractivity contribution in [3.8, 4) is 0 Å². The van der Waals surface area contributed by atoms with Crippen molar-refractivity contribution >= 4 is 5.57 Å². The van der Waals surface area contributed by atoms with Crippen LogP contribution in [0.25, 0.3) is 5.57 Å². The van der Waals surface area contributed by atoms with Gasteiger partial charge in [0.25, 0.3) is 0 Å². The summed E-state index contributed by atoms with van der Waals surface area (Å²) in [5.41, 5.74) is 2.00. The third kappa shape index (κ3) is 3.17. The molecular weight excluding hydrogens is 184 g/mol. The molecule has 1 heterocycles. The van der Waals surface area contributed by atoms with Crippen molar-refractivity contribution in [2.75, 3.05) is 0 Å². The second-order valence-electron chi connectivity index (χ2n) is 3.07. The first-order chi connectivity index (χ1) is 7.31. The summed E-state index contributed by atoms with van der Waals surface area (Å²) in [5.74, 6) is 0.868. The maximum absolute atomic E-state index is 4.45. The van der Waals surface area contributed by atoms with Crippen LogP contribution in [0.2, 0.25) is 0 Å². The predicted octanol–water partition coefficient (Wildman–Crippen LogP) is 3.18. The average molecular weight is 200 g/mol. The van der Waals surface area contributed by atoms with E-state index in [4.69, 9.17) is 0 Å². The molecule has 0 amide bonds. The molecule has 0 unspecified atom stereocenters. The topological polar surface area (TPSA) is 25.8 Å². The van der Waals surface area contributed by atoms with Gasteiger partial charge in [-0.2, -0.15) is 0 Å². The fourth-order valence-corrected chi connectivity index (χ4v) is 1.26. The lowest BCUT2D eigenvalue weighted by Gasteiger charge is -2.02. The molecule has 2 nitrogen and oxygen atoms in total. The minimum absolute atomic E-state index is 0.852. The molecule has 0 spiro atoms. The highest BCUT2D eigenvalue weighted by molar-refractivity contribution is 5.72. The third-order valence-electron chi connectivity index (χ3n) is 1.96. The fraction of sp³-hybridized carbons (Fsp3) is 0.231. The quantitative estimate of drug-likeness (QED) is 0.697. The molecule has 0 saturated carbocycles. The summed E-state index contributed by atoms with van der Waals surface area (Å²) in [4.78, 5) is 8.62. The number of aryl methyl sites for hydroxylation is 1. The highest BCUT2D eigenvalue weighted by Gasteiger charge is 2.00. The Kier molecular flexibility index (Phi) is 4.48. The second kappa shape index (κ2) is 5.91. The zero-order valence-corrected chi connectivity index (χ0v) is 9.27. The lowest BCUT2D eigenvalue weighted by molar-refractivity contribution is 0.931. The highest BCUT2D eigenvalue weighted by Crippen LogP contribution is 2.13. The number of nitrogens with zero attached hydrogens (tertiary/aromatic N) is 2. The Morgan fingerprint density at radius 1 is 1.53 bits per heavy atom. The van der Waals surface area contributed by atoms with Gasteiger partial charge in [0.1, 0.15) is 5.82 Å². The van der Waals surface area contributed by atoms with Gasteiger partial charge in [0, 0.05) is 12.6 Å². The summed E-state index contributed by atoms with van der Waals surface area (Å²) in [5, 5.41) is 0. The summed E-state index contributed by atoms with van der Waals surface area (Å²) in [6, 6.07) is 1.91. The molecule has 1 aromatic heterocycles. The fourth-order valence-electron chi connectivity index (χ4n) is 1.26. The maximum Gasteiger partial charge on any atom is 0.128 e. The Labute approximate surface area is 91.1 Å². The zero-order chi connectivity index (χ0) is 11.1. The summed E-state index contributed by atoms with van der Waals surface area (Å²) in [7, 11) is 0. The summed E-state index contributed by atoms with van der Waals surface area (Å²) < 4.78 is 0. The molecule has 0 radical (unpaired) electrons. The molecule has 0 aliphatic carbocycles. The second-order valence-corrected chi connectivity index (χ2v) is 3.07. The molecule has 0 aliphatic heterocycles. The number of aromatic nitrogens is 2. The summed E-state index contributed by atoms with van der Waals surface area (Å²) in [6.07, 6.45) is 10.4. The van der Waals surface area contributed by atoms with Gasteiger partial charge in [0.2, 0.25) is 0 Å². The molecular formula is C13H16N2. The van der Waals surface area contributed by atoms with E-state index >= 15 is 0 Å². The Balaban J connectivity index is 3.11. The van der Waals surface area contributed by atoms with E-state index in [0.29, 0.717) is 0 Å². The van der Waals surface area contributed by atoms with Crippen LogP contribution in [0.5, 0.6) is 0 Å². The monoisotopic (exact) mass is 200 g/mol. The van der Waals surface area contributed by atoms with E-state index in [-0.39, 0.29) is 0 Å². The van der Waals surface area contributed by atoms with Crippen LogP contribution in [-0.4, -0.2) is 9.97 Å². The first-order valence-electron chi connectivity index (χ1n) is 5.09. The average Bonchev–Trinajstić information content (AvgIpc) is 2.29. The molecule has 0 N–H and O–H groups in total. The van der Waals surface area contributed by atoms with E-state index < -0.39 is 0 Å². The van der Waals surface area contributed by atoms with E-state index in [9.17, 15) is 0 Å². The van der Waals surface area contributed by atoms with Crippen molar-refractivity contribution in [3.63, 3.8) is 0 Å². The normalized spacial score (nSPS) is 12.0. The minimum Gasteiger partial charge on any atom is -0.241 e. The molecule has 0 atom stereocenters. The van der Waals surface area contributed by atoms with Crippen molar-refractivity contribution in [2.45, 2.75) is 20.3 Å². The van der Waals surface area contributed by atoms with Gasteiger partial charge in [-0.3, -0.25) is 0 Å². The Hall–Kier alpha value is -1.70. The van der Waals surface area contributed by atoms with Gasteiger partial charge >= 0.3 is 0 Å². The van der Waals surface area contributed by atoms with Gasteiger partial charge in [0.05, 0.1) is 5.69 Å². The van der Waals surface area contributed by atoms with Crippen molar-refractivity contribution in [2.24, 2.45) is 0 Å². The van der Waals surface area contributed by atoms with Crippen LogP contribution < -0.4 is 0 Å². The molecule has 0 aromatic carbocycles. The molecule has 78 valence electrons. The van der Waals surface area contributed by atoms with Crippen molar-refractivity contribution in [1.29, 1.82) is 0 Å². The first-order valence-corrected chi connectivity index (χ1v) is 5.09. The van der Waals surface area contributed by atoms with Gasteiger partial charge in [-0.1, -0.05) is 37.8 Å². The van der Waals surface area contributed by atoms with Crippen LogP contribution in [0.4, 0.5) is 0 Å². The van der Waals surface area contributed by atoms with Crippen LogP contribution in [0.3, 0.4) is 0 Å². The molecule has 1 aromatic rings. The Bertz CT molecular complexity index is 389. The minimum atomic E-state index is 0.852. The van der Waals surface area contributed by atoms with Crippen LogP contribution in [-0.2, 0) is 6.42 Å². The SMILES string of the molecule is C=C/C=C(\C=C/C)c1ccnc(CC)n1. The van der Waals surface area contributed by atoms with E-state index in [1.54, 1.807) is 12.3 Å². The molecule has 2 heteroatoms. The smallest absolute Gasteiger partial charge is 0.128 e. The molecule has 0 aliphatic rings. The van der Waals surface area contributed by atoms with E-state index in [2.05, 4.69) is 16.5 Å². The molecule has 15 heavy (non-hydrogen) atoms. The number of hydrogen-bond donors (Lipinski definition) is 0. The van der Waals surface area contributed by atoms with Crippen LogP contribution in [0.15, 0.2) is 43.1 Å². The lowest BCUT2D eigenvalue weighted by atomic mass is 10.1. The maximum atomic E-state index is 4.45. The number of rotatable bonds is 4. The highest BCUT2D eigenvalue weighted by atomic mass is 14.9. The van der Waals surface area contributed by atoms with E-state index in [1.165, 1.54) is 0 Å². The number of allylic oxidation sites excluding steroid dienone is 5. The first kappa shape index (κ1) is 11.4. The third-order valence-corrected chi connectivity index (χ3v) is 1.96. The van der Waals surface area contributed by atoms with Crippen LogP contribution >= 0.6 is 0 Å². The van der Waals surface area contributed by atoms with Gasteiger partial charge in [-0.15, -0.1) is 0 Å². The predicted molar refractivity (Wildman–Crippen MR) is 64.4 cm³/mol. The Morgan fingerprint density at radius 3 is 2.93 bits per heavy atom. The van der Waals surface area contributed by atoms with Crippen molar-refractivity contribution in [1.82, 2.24) is 9.97 Å².